The zero-order valence-electron chi connectivity index (χ0n) is 22.1. The van der Waals surface area contributed by atoms with E-state index in [2.05, 4.69) is 6.07 Å². The van der Waals surface area contributed by atoms with Gasteiger partial charge < -0.3 is 24.0 Å². The number of para-hydroxylation sites is 1. The Morgan fingerprint density at radius 3 is 2.63 bits per heavy atom. The number of fused-ring (bicyclic) bond motifs is 5. The van der Waals surface area contributed by atoms with Crippen molar-refractivity contribution in [3.63, 3.8) is 0 Å². The molecule has 1 fully saturated rings. The fourth-order valence-electron chi connectivity index (χ4n) is 5.85. The fourth-order valence-corrected chi connectivity index (χ4v) is 5.85. The molecule has 9 heteroatoms. The number of anilines is 1. The Morgan fingerprint density at radius 1 is 1.03 bits per heavy atom. The monoisotopic (exact) mass is 521 g/mol. The van der Waals surface area contributed by atoms with Gasteiger partial charge in [-0.15, -0.1) is 0 Å². The van der Waals surface area contributed by atoms with Crippen LogP contribution in [-0.4, -0.2) is 80.3 Å². The third-order valence-electron chi connectivity index (χ3n) is 7.72. The highest BCUT2D eigenvalue weighted by Crippen LogP contribution is 2.44. The van der Waals surface area contributed by atoms with Gasteiger partial charge in [-0.05, 0) is 55.0 Å². The van der Waals surface area contributed by atoms with Crippen LogP contribution >= 0.6 is 0 Å². The molecule has 3 aliphatic heterocycles. The number of rotatable bonds is 3. The van der Waals surface area contributed by atoms with E-state index in [4.69, 9.17) is 14.2 Å². The zero-order chi connectivity index (χ0) is 26.6. The highest BCUT2D eigenvalue weighted by molar-refractivity contribution is 5.95. The third-order valence-corrected chi connectivity index (χ3v) is 7.72. The molecular weight excluding hydrogens is 486 g/mol. The number of hydrogen-bond acceptors (Lipinski definition) is 6. The molecule has 2 aromatic rings. The number of cyclic esters (lactones) is 1. The molecule has 0 aromatic heterocycles. The van der Waals surface area contributed by atoms with E-state index < -0.39 is 6.09 Å². The molecule has 0 N–H and O–H groups in total. The van der Waals surface area contributed by atoms with E-state index in [0.717, 1.165) is 29.7 Å². The maximum atomic E-state index is 13.3. The van der Waals surface area contributed by atoms with Gasteiger partial charge in [0, 0.05) is 37.7 Å². The lowest BCUT2D eigenvalue weighted by atomic mass is 9.87. The molecule has 0 saturated carbocycles. The summed E-state index contributed by atoms with van der Waals surface area (Å²) in [6.07, 6.45) is 2.46. The second kappa shape index (κ2) is 11.3. The van der Waals surface area contributed by atoms with Crippen molar-refractivity contribution in [1.29, 1.82) is 0 Å². The summed E-state index contributed by atoms with van der Waals surface area (Å²) >= 11 is 0. The topological polar surface area (TPSA) is 88.6 Å². The number of hydrogen-bond donors (Lipinski definition) is 0. The van der Waals surface area contributed by atoms with Crippen LogP contribution in [-0.2, 0) is 20.7 Å². The Kier molecular flexibility index (Phi) is 7.72. The molecule has 0 unspecified atom stereocenters. The van der Waals surface area contributed by atoms with Crippen LogP contribution in [0.3, 0.4) is 0 Å². The van der Waals surface area contributed by atoms with Crippen molar-refractivity contribution in [2.45, 2.75) is 44.6 Å². The first kappa shape index (κ1) is 25.9. The summed E-state index contributed by atoms with van der Waals surface area (Å²) in [5.74, 6) is 1.32. The molecule has 0 spiro atoms. The molecule has 5 rings (SSSR count). The summed E-state index contributed by atoms with van der Waals surface area (Å²) in [4.78, 5) is 43.4. The summed E-state index contributed by atoms with van der Waals surface area (Å²) in [7, 11) is 1.63. The minimum absolute atomic E-state index is 0.00321. The van der Waals surface area contributed by atoms with Crippen LogP contribution in [0.15, 0.2) is 42.5 Å². The Balaban J connectivity index is 1.46. The van der Waals surface area contributed by atoms with Crippen LogP contribution in [0.2, 0.25) is 0 Å². The van der Waals surface area contributed by atoms with Gasteiger partial charge in [0.25, 0.3) is 0 Å². The Morgan fingerprint density at radius 2 is 1.87 bits per heavy atom. The van der Waals surface area contributed by atoms with Crippen molar-refractivity contribution in [3.05, 3.63) is 53.6 Å². The number of nitrogens with zero attached hydrogens (tertiary/aromatic N) is 3. The van der Waals surface area contributed by atoms with Gasteiger partial charge in [-0.3, -0.25) is 14.5 Å². The maximum absolute atomic E-state index is 13.3. The van der Waals surface area contributed by atoms with Crippen molar-refractivity contribution < 1.29 is 28.6 Å². The molecule has 2 bridgehead atoms. The van der Waals surface area contributed by atoms with E-state index in [1.54, 1.807) is 14.0 Å². The number of benzene rings is 2. The number of methoxy groups -OCH3 is 1. The summed E-state index contributed by atoms with van der Waals surface area (Å²) in [6.45, 7) is 3.97. The molecule has 0 radical (unpaired) electrons. The predicted molar refractivity (Wildman–Crippen MR) is 142 cm³/mol. The van der Waals surface area contributed by atoms with Crippen LogP contribution < -0.4 is 14.4 Å². The van der Waals surface area contributed by atoms with E-state index in [1.807, 2.05) is 46.2 Å². The van der Waals surface area contributed by atoms with Crippen LogP contribution in [0, 0.1) is 0 Å². The fraction of sp³-hybridized carbons (Fsp3) is 0.483. The highest BCUT2D eigenvalue weighted by atomic mass is 16.6. The molecule has 3 aliphatic rings. The first-order valence-electron chi connectivity index (χ1n) is 13.3. The van der Waals surface area contributed by atoms with E-state index in [0.29, 0.717) is 57.2 Å². The molecular formula is C29H35N3O6. The van der Waals surface area contributed by atoms with Gasteiger partial charge in [-0.1, -0.05) is 24.3 Å². The Bertz CT molecular complexity index is 1200. The second-order valence-corrected chi connectivity index (χ2v) is 10.1. The van der Waals surface area contributed by atoms with Crippen LogP contribution in [0.25, 0.3) is 0 Å². The molecule has 3 heterocycles. The first-order valence-corrected chi connectivity index (χ1v) is 13.3. The minimum Gasteiger partial charge on any atom is -0.493 e. The van der Waals surface area contributed by atoms with Gasteiger partial charge >= 0.3 is 6.09 Å². The number of carbonyl (C=O) groups excluding carboxylic acids is 3. The van der Waals surface area contributed by atoms with Gasteiger partial charge in [-0.2, -0.15) is 0 Å². The van der Waals surface area contributed by atoms with Crippen molar-refractivity contribution in [1.82, 2.24) is 9.80 Å². The van der Waals surface area contributed by atoms with Crippen LogP contribution in [0.4, 0.5) is 10.5 Å². The number of ether oxygens (including phenoxy) is 3. The number of carbonyl (C=O) groups is 3. The lowest BCUT2D eigenvalue weighted by molar-refractivity contribution is -0.132. The quantitative estimate of drug-likeness (QED) is 0.613. The summed E-state index contributed by atoms with van der Waals surface area (Å²) in [6, 6.07) is 13.9. The van der Waals surface area contributed by atoms with Crippen LogP contribution in [0.1, 0.15) is 43.2 Å². The van der Waals surface area contributed by atoms with Gasteiger partial charge in [0.1, 0.15) is 13.2 Å². The van der Waals surface area contributed by atoms with E-state index >= 15 is 0 Å². The zero-order valence-corrected chi connectivity index (χ0v) is 22.1. The lowest BCUT2D eigenvalue weighted by Crippen LogP contribution is -2.43. The van der Waals surface area contributed by atoms with Gasteiger partial charge in [0.15, 0.2) is 11.5 Å². The molecule has 0 aliphatic carbocycles. The lowest BCUT2D eigenvalue weighted by Gasteiger charge is -2.31. The van der Waals surface area contributed by atoms with E-state index in [-0.39, 0.29) is 30.3 Å². The second-order valence-electron chi connectivity index (χ2n) is 10.1. The van der Waals surface area contributed by atoms with Crippen molar-refractivity contribution in [3.8, 4) is 11.5 Å². The van der Waals surface area contributed by atoms with Gasteiger partial charge in [-0.25, -0.2) is 4.79 Å². The minimum atomic E-state index is -0.439. The number of amides is 3. The summed E-state index contributed by atoms with van der Waals surface area (Å²) in [5.41, 5.74) is 3.12. The van der Waals surface area contributed by atoms with Crippen molar-refractivity contribution in [2.24, 2.45) is 0 Å². The highest BCUT2D eigenvalue weighted by Gasteiger charge is 2.40. The summed E-state index contributed by atoms with van der Waals surface area (Å²) in [5, 5.41) is 0. The van der Waals surface area contributed by atoms with Crippen LogP contribution in [0.5, 0.6) is 11.5 Å². The van der Waals surface area contributed by atoms with E-state index in [1.165, 1.54) is 4.90 Å². The Labute approximate surface area is 223 Å². The Hall–Kier alpha value is -3.75. The third kappa shape index (κ3) is 5.28. The summed E-state index contributed by atoms with van der Waals surface area (Å²) < 4.78 is 16.6. The molecule has 2 aromatic carbocycles. The predicted octanol–water partition coefficient (Wildman–Crippen LogP) is 3.60. The molecule has 2 atom stereocenters. The SMILES string of the molecule is COc1ccc2cc1OCCCCN(C(=O)CN1CCOC1=O)CC[C@@H]1c3ccccc3N(C(C)=O)[C@@H]1C2. The van der Waals surface area contributed by atoms with Crippen molar-refractivity contribution >= 4 is 23.6 Å². The normalized spacial score (nSPS) is 21.6. The largest absolute Gasteiger partial charge is 0.493 e. The smallest absolute Gasteiger partial charge is 0.410 e. The molecule has 3 amide bonds. The van der Waals surface area contributed by atoms with Gasteiger partial charge in [0.05, 0.1) is 20.3 Å². The molecule has 38 heavy (non-hydrogen) atoms. The average Bonchev–Trinajstić information content (AvgIpc) is 3.45. The van der Waals surface area contributed by atoms with Gasteiger partial charge in [0.2, 0.25) is 11.8 Å². The average molecular weight is 522 g/mol. The molecule has 9 nitrogen and oxygen atoms in total. The van der Waals surface area contributed by atoms with Crippen molar-refractivity contribution in [2.75, 3.05) is 51.4 Å². The molecule has 202 valence electrons. The molecule has 1 saturated heterocycles. The van der Waals surface area contributed by atoms with E-state index in [9.17, 15) is 14.4 Å². The first-order chi connectivity index (χ1) is 18.5. The maximum Gasteiger partial charge on any atom is 0.410 e. The standard InChI is InChI=1S/C29H35N3O6/c1-20(33)32-24-8-4-3-7-22(24)23-11-13-30(28(34)19-31-14-16-38-29(31)35)12-5-6-15-37-27-18-21(17-25(23)32)9-10-26(27)36-2/h3-4,7-10,18,23,25H,5-6,11-17,19H2,1-2H3/t23-,25-/m1/s1.